The molecule has 0 saturated carbocycles. The van der Waals surface area contributed by atoms with Crippen molar-refractivity contribution in [3.05, 3.63) is 12.0 Å². The van der Waals surface area contributed by atoms with Gasteiger partial charge in [0.15, 0.2) is 6.23 Å². The average Bonchev–Trinajstić information content (AvgIpc) is 2.92. The normalized spacial score (nSPS) is 36.5. The highest BCUT2D eigenvalue weighted by atomic mass is 16.6. The van der Waals surface area contributed by atoms with E-state index in [2.05, 4.69) is 15.3 Å². The summed E-state index contributed by atoms with van der Waals surface area (Å²) in [5.41, 5.74) is 0.389. The molecule has 5 N–H and O–H groups in total. The zero-order valence-electron chi connectivity index (χ0n) is 10.5. The maximum atomic E-state index is 10.0. The van der Waals surface area contributed by atoms with Crippen LogP contribution >= 0.6 is 0 Å². The number of rotatable bonds is 2. The SMILES string of the molecule is OC[C@H]1O[C@@H](n2cnc3c2NC=NCC3O)C(O)[C@H]1O. The highest BCUT2D eigenvalue weighted by Gasteiger charge is 2.44. The molecule has 0 spiro atoms. The largest absolute Gasteiger partial charge is 0.394 e. The quantitative estimate of drug-likeness (QED) is 0.423. The van der Waals surface area contributed by atoms with Gasteiger partial charge in [0.25, 0.3) is 0 Å². The zero-order valence-corrected chi connectivity index (χ0v) is 10.5. The number of nitrogens with zero attached hydrogens (tertiary/aromatic N) is 3. The molecule has 1 fully saturated rings. The molecular weight excluding hydrogens is 268 g/mol. The second kappa shape index (κ2) is 5.11. The summed E-state index contributed by atoms with van der Waals surface area (Å²) in [5, 5.41) is 41.6. The first-order valence-electron chi connectivity index (χ1n) is 6.25. The summed E-state index contributed by atoms with van der Waals surface area (Å²) in [6.45, 7) is -0.212. The van der Waals surface area contributed by atoms with E-state index in [0.29, 0.717) is 11.5 Å². The van der Waals surface area contributed by atoms with Crippen LogP contribution < -0.4 is 5.32 Å². The molecule has 0 amide bonds. The van der Waals surface area contributed by atoms with Gasteiger partial charge >= 0.3 is 0 Å². The van der Waals surface area contributed by atoms with Gasteiger partial charge in [0.1, 0.15) is 35.9 Å². The first-order chi connectivity index (χ1) is 9.63. The molecule has 20 heavy (non-hydrogen) atoms. The highest BCUT2D eigenvalue weighted by molar-refractivity contribution is 5.76. The van der Waals surface area contributed by atoms with Gasteiger partial charge < -0.3 is 30.5 Å². The molecule has 2 unspecified atom stereocenters. The number of fused-ring (bicyclic) bond motifs is 1. The van der Waals surface area contributed by atoms with Gasteiger partial charge in [0, 0.05) is 0 Å². The lowest BCUT2D eigenvalue weighted by atomic mass is 10.1. The van der Waals surface area contributed by atoms with Crippen molar-refractivity contribution in [2.24, 2.45) is 4.99 Å². The Morgan fingerprint density at radius 2 is 2.15 bits per heavy atom. The number of aliphatic hydroxyl groups is 4. The van der Waals surface area contributed by atoms with Crippen LogP contribution in [0.15, 0.2) is 11.3 Å². The zero-order chi connectivity index (χ0) is 14.3. The van der Waals surface area contributed by atoms with Gasteiger partial charge in [0.2, 0.25) is 0 Å². The molecule has 5 atom stereocenters. The van der Waals surface area contributed by atoms with Crippen LogP contribution in [0.2, 0.25) is 0 Å². The van der Waals surface area contributed by atoms with Crippen molar-refractivity contribution >= 4 is 12.2 Å². The Bertz CT molecular complexity index is 519. The first-order valence-corrected chi connectivity index (χ1v) is 6.25. The maximum Gasteiger partial charge on any atom is 0.165 e. The van der Waals surface area contributed by atoms with Crippen molar-refractivity contribution in [1.82, 2.24) is 9.55 Å². The number of ether oxygens (including phenoxy) is 1. The van der Waals surface area contributed by atoms with E-state index in [0.717, 1.165) is 0 Å². The summed E-state index contributed by atoms with van der Waals surface area (Å²) < 4.78 is 6.90. The third-order valence-corrected chi connectivity index (χ3v) is 3.50. The number of hydrogen-bond acceptors (Lipinski definition) is 8. The molecule has 1 aromatic heterocycles. The third kappa shape index (κ3) is 2.00. The van der Waals surface area contributed by atoms with Crippen LogP contribution in [-0.4, -0.2) is 67.8 Å². The van der Waals surface area contributed by atoms with Crippen LogP contribution in [0, 0.1) is 0 Å². The summed E-state index contributed by atoms with van der Waals surface area (Å²) in [7, 11) is 0. The predicted octanol–water partition coefficient (Wildman–Crippen LogP) is -2.02. The van der Waals surface area contributed by atoms with E-state index >= 15 is 0 Å². The molecule has 0 radical (unpaired) electrons. The van der Waals surface area contributed by atoms with E-state index in [1.54, 1.807) is 0 Å². The summed E-state index contributed by atoms with van der Waals surface area (Å²) in [4.78, 5) is 8.03. The molecule has 3 heterocycles. The van der Waals surface area contributed by atoms with Crippen molar-refractivity contribution in [3.8, 4) is 0 Å². The van der Waals surface area contributed by atoms with Crippen LogP contribution in [0.5, 0.6) is 0 Å². The molecule has 9 nitrogen and oxygen atoms in total. The second-order valence-corrected chi connectivity index (χ2v) is 4.77. The standard InChI is InChI=1S/C11H16N4O5/c16-2-6-8(18)9(19)11(20-6)15-4-14-7-5(17)1-12-3-13-10(7)15/h3-6,8-9,11,16-19H,1-2H2,(H,12,13)/t5?,6-,8+,9?,11-/m1/s1. The Labute approximate surface area is 114 Å². The maximum absolute atomic E-state index is 10.0. The summed E-state index contributed by atoms with van der Waals surface area (Å²) in [6, 6.07) is 0. The smallest absolute Gasteiger partial charge is 0.165 e. The van der Waals surface area contributed by atoms with Crippen LogP contribution in [0.4, 0.5) is 5.82 Å². The Hall–Kier alpha value is -1.52. The predicted molar refractivity (Wildman–Crippen MR) is 67.2 cm³/mol. The number of nitrogens with one attached hydrogen (secondary N) is 1. The lowest BCUT2D eigenvalue weighted by Gasteiger charge is -2.19. The van der Waals surface area contributed by atoms with E-state index in [1.165, 1.54) is 17.2 Å². The number of hydrogen-bond donors (Lipinski definition) is 5. The first kappa shape index (κ1) is 13.5. The number of imidazole rings is 1. The molecule has 9 heteroatoms. The summed E-state index contributed by atoms with van der Waals surface area (Å²) in [5.74, 6) is 0.439. The minimum atomic E-state index is -1.20. The minimum Gasteiger partial charge on any atom is -0.394 e. The lowest BCUT2D eigenvalue weighted by molar-refractivity contribution is -0.0518. The van der Waals surface area contributed by atoms with Gasteiger partial charge in [-0.1, -0.05) is 0 Å². The molecule has 3 rings (SSSR count). The van der Waals surface area contributed by atoms with Crippen LogP contribution in [0.1, 0.15) is 18.0 Å². The van der Waals surface area contributed by atoms with E-state index in [9.17, 15) is 15.3 Å². The van der Waals surface area contributed by atoms with E-state index in [1.807, 2.05) is 0 Å². The molecule has 110 valence electrons. The van der Waals surface area contributed by atoms with Crippen LogP contribution in [0.25, 0.3) is 0 Å². The van der Waals surface area contributed by atoms with Crippen LogP contribution in [-0.2, 0) is 4.74 Å². The Kier molecular flexibility index (Phi) is 3.44. The fourth-order valence-electron chi connectivity index (χ4n) is 2.42. The van der Waals surface area contributed by atoms with Gasteiger partial charge in [-0.15, -0.1) is 0 Å². The highest BCUT2D eigenvalue weighted by Crippen LogP contribution is 2.34. The molecule has 1 aromatic rings. The fourth-order valence-corrected chi connectivity index (χ4v) is 2.42. The van der Waals surface area contributed by atoms with Crippen molar-refractivity contribution < 1.29 is 25.2 Å². The van der Waals surface area contributed by atoms with Crippen molar-refractivity contribution in [2.75, 3.05) is 18.5 Å². The van der Waals surface area contributed by atoms with Gasteiger partial charge in [-0.25, -0.2) is 4.98 Å². The number of aliphatic imine (C=N–C) groups is 1. The van der Waals surface area contributed by atoms with Gasteiger partial charge in [0.05, 0.1) is 25.8 Å². The minimum absolute atomic E-state index is 0.187. The van der Waals surface area contributed by atoms with Gasteiger partial charge in [-0.2, -0.15) is 0 Å². The van der Waals surface area contributed by atoms with Crippen molar-refractivity contribution in [1.29, 1.82) is 0 Å². The van der Waals surface area contributed by atoms with Gasteiger partial charge in [-0.3, -0.25) is 9.56 Å². The second-order valence-electron chi connectivity index (χ2n) is 4.77. The molecule has 2 aliphatic heterocycles. The molecule has 0 aliphatic carbocycles. The summed E-state index contributed by atoms with van der Waals surface area (Å²) >= 11 is 0. The van der Waals surface area contributed by atoms with Gasteiger partial charge in [-0.05, 0) is 0 Å². The van der Waals surface area contributed by atoms with Crippen LogP contribution in [0.3, 0.4) is 0 Å². The molecule has 1 saturated heterocycles. The van der Waals surface area contributed by atoms with E-state index < -0.39 is 37.3 Å². The Balaban J connectivity index is 1.94. The number of aliphatic hydroxyl groups excluding tert-OH is 4. The van der Waals surface area contributed by atoms with E-state index in [-0.39, 0.29) is 6.54 Å². The van der Waals surface area contributed by atoms with Crippen molar-refractivity contribution in [2.45, 2.75) is 30.6 Å². The molecular formula is C11H16N4O5. The molecule has 2 aliphatic rings. The summed E-state index contributed by atoms with van der Waals surface area (Å²) in [6.07, 6.45) is -2.18. The molecule has 0 aromatic carbocycles. The average molecular weight is 284 g/mol. The number of aromatic nitrogens is 2. The fraction of sp³-hybridized carbons (Fsp3) is 0.636. The lowest BCUT2D eigenvalue weighted by Crippen LogP contribution is -2.33. The monoisotopic (exact) mass is 284 g/mol. The Morgan fingerprint density at radius 3 is 2.85 bits per heavy atom. The van der Waals surface area contributed by atoms with Crippen molar-refractivity contribution in [3.63, 3.8) is 0 Å². The van der Waals surface area contributed by atoms with E-state index in [4.69, 9.17) is 9.84 Å². The topological polar surface area (TPSA) is 132 Å². The third-order valence-electron chi connectivity index (χ3n) is 3.50. The number of anilines is 1. The Morgan fingerprint density at radius 1 is 1.35 bits per heavy atom. The molecule has 0 bridgehead atoms.